The number of amides is 10. The van der Waals surface area contributed by atoms with E-state index in [0.29, 0.717) is 28.8 Å². The van der Waals surface area contributed by atoms with Gasteiger partial charge in [0.05, 0.1) is 18.8 Å². The van der Waals surface area contributed by atoms with Crippen molar-refractivity contribution in [3.63, 3.8) is 0 Å². The number of thiol groups is 2. The molecule has 0 spiro atoms. The fraction of sp³-hybridized carbons (Fsp3) is 0.485. The van der Waals surface area contributed by atoms with Gasteiger partial charge in [0.1, 0.15) is 66.2 Å². The minimum absolute atomic E-state index is 0.0214. The van der Waals surface area contributed by atoms with Crippen molar-refractivity contribution in [3.8, 4) is 5.75 Å². The Morgan fingerprint density at radius 1 is 0.485 bits per heavy atom. The summed E-state index contributed by atoms with van der Waals surface area (Å²) in [6, 6.07) is 5.92. The molecule has 17 N–H and O–H groups in total. The number of H-pyrrole nitrogens is 2. The van der Waals surface area contributed by atoms with Crippen molar-refractivity contribution in [2.45, 2.75) is 173 Å². The Bertz CT molecular complexity index is 3560. The van der Waals surface area contributed by atoms with Gasteiger partial charge < -0.3 is 84.2 Å². The van der Waals surface area contributed by atoms with Gasteiger partial charge in [-0.15, -0.1) is 0 Å². The highest BCUT2D eigenvalue weighted by atomic mass is 32.1. The van der Waals surface area contributed by atoms with Crippen LogP contribution in [0, 0.1) is 23.7 Å². The second-order valence-corrected chi connectivity index (χ2v) is 26.1. The number of hydrogen-bond donors (Lipinski definition) is 18. The first kappa shape index (κ1) is 80.2. The van der Waals surface area contributed by atoms with Crippen molar-refractivity contribution < 1.29 is 72.9 Å². The topological polar surface area (TPSA) is 456 Å². The molecule has 2 heterocycles. The van der Waals surface area contributed by atoms with Crippen molar-refractivity contribution >= 4 is 107 Å². The molecule has 29 nitrogen and oxygen atoms in total. The zero-order chi connectivity index (χ0) is 73.2. The predicted octanol–water partition coefficient (Wildman–Crippen LogP) is 1.26. The van der Waals surface area contributed by atoms with Gasteiger partial charge in [0.15, 0.2) is 0 Å². The van der Waals surface area contributed by atoms with Crippen LogP contribution in [0.15, 0.2) is 97.6 Å². The SMILES string of the molecule is CC[C@H](C)[C@H](NC(=O)[C@H](CC(=O)O)NC(=O)[C@H](CC(C)C)NC(=O)[C@H](Cc1cnc[nH]1)NC(=O)[C@H](CS)NC(=O)[C@H](Cc1ccccc1)NC(=O)[C@H](Cc1ccc(O)cc1)NC(=O)[C@@H](NC(=O)[C@@H](N)CS)C(C)C)C(=O)N[C@H](C(=O)N[C@@H](Cc1c[nH]c2ccccc12)C(=O)O)[C@@H](C)CC. The molecule has 3 aromatic carbocycles. The van der Waals surface area contributed by atoms with E-state index in [9.17, 15) is 72.9 Å². The second kappa shape index (κ2) is 39.2. The Morgan fingerprint density at radius 3 is 1.46 bits per heavy atom. The number of para-hydroxylation sites is 1. The molecule has 0 saturated carbocycles. The summed E-state index contributed by atoms with van der Waals surface area (Å²) in [6.07, 6.45) is 3.17. The van der Waals surface area contributed by atoms with E-state index in [1.807, 2.05) is 18.2 Å². The van der Waals surface area contributed by atoms with Crippen LogP contribution in [0.1, 0.15) is 103 Å². The third-order valence-electron chi connectivity index (χ3n) is 16.8. The van der Waals surface area contributed by atoms with E-state index in [1.165, 1.54) is 36.8 Å². The number of imidazole rings is 1. The van der Waals surface area contributed by atoms with Crippen LogP contribution < -0.4 is 58.9 Å². The average Bonchev–Trinajstić information content (AvgIpc) is 1.75. The Hall–Kier alpha value is -9.49. The lowest BCUT2D eigenvalue weighted by Gasteiger charge is -2.31. The van der Waals surface area contributed by atoms with Crippen molar-refractivity contribution in [3.05, 3.63) is 120 Å². The molecule has 0 saturated heterocycles. The minimum Gasteiger partial charge on any atom is -0.508 e. The van der Waals surface area contributed by atoms with Crippen molar-refractivity contribution in [1.82, 2.24) is 68.1 Å². The Kier molecular flexibility index (Phi) is 31.7. The number of aliphatic carboxylic acids is 2. The van der Waals surface area contributed by atoms with Gasteiger partial charge in [0, 0.05) is 66.2 Å². The molecule has 10 amide bonds. The number of nitrogens with two attached hydrogens (primary N) is 1. The molecule has 31 heteroatoms. The Balaban J connectivity index is 1.36. The van der Waals surface area contributed by atoms with Crippen LogP contribution >= 0.6 is 25.3 Å². The summed E-state index contributed by atoms with van der Waals surface area (Å²) in [5, 5.41) is 57.3. The number of carbonyl (C=O) groups excluding carboxylic acids is 10. The summed E-state index contributed by atoms with van der Waals surface area (Å²) in [5.74, 6) is -14.3. The number of aromatic hydroxyl groups is 1. The molecule has 0 aliphatic carbocycles. The lowest BCUT2D eigenvalue weighted by Crippen LogP contribution is -2.62. The summed E-state index contributed by atoms with van der Waals surface area (Å²) >= 11 is 8.47. The van der Waals surface area contributed by atoms with Gasteiger partial charge in [-0.3, -0.25) is 52.7 Å². The van der Waals surface area contributed by atoms with E-state index >= 15 is 0 Å². The molecule has 5 aromatic rings. The van der Waals surface area contributed by atoms with Crippen LogP contribution in [0.3, 0.4) is 0 Å². The fourth-order valence-electron chi connectivity index (χ4n) is 10.6. The number of nitrogens with one attached hydrogen (secondary N) is 12. The lowest BCUT2D eigenvalue weighted by molar-refractivity contribution is -0.142. The largest absolute Gasteiger partial charge is 0.508 e. The van der Waals surface area contributed by atoms with Gasteiger partial charge in [-0.05, 0) is 65.0 Å². The summed E-state index contributed by atoms with van der Waals surface area (Å²) in [4.78, 5) is 177. The van der Waals surface area contributed by atoms with Crippen LogP contribution in [0.2, 0.25) is 0 Å². The number of carboxylic acid groups (broad SMARTS) is 2. The number of benzene rings is 3. The number of carbonyl (C=O) groups is 12. The maximum Gasteiger partial charge on any atom is 0.326 e. The molecular weight excluding hydrogens is 1320 g/mol. The summed E-state index contributed by atoms with van der Waals surface area (Å²) in [5.41, 5.74) is 8.67. The quantitative estimate of drug-likeness (QED) is 0.0245. The van der Waals surface area contributed by atoms with Gasteiger partial charge in [-0.1, -0.05) is 129 Å². The summed E-state index contributed by atoms with van der Waals surface area (Å²) < 4.78 is 0. The van der Waals surface area contributed by atoms with E-state index in [4.69, 9.17) is 5.73 Å². The molecule has 13 atom stereocenters. The predicted molar refractivity (Wildman–Crippen MR) is 374 cm³/mol. The Labute approximate surface area is 585 Å². The van der Waals surface area contributed by atoms with Crippen LogP contribution in [0.4, 0.5) is 0 Å². The maximum atomic E-state index is 14.6. The molecule has 538 valence electrons. The molecular formula is C68H94N14O15S2. The molecule has 5 rings (SSSR count). The van der Waals surface area contributed by atoms with E-state index < -0.39 is 162 Å². The van der Waals surface area contributed by atoms with Gasteiger partial charge in [-0.2, -0.15) is 25.3 Å². The van der Waals surface area contributed by atoms with Crippen molar-refractivity contribution in [2.75, 3.05) is 11.5 Å². The molecule has 0 radical (unpaired) electrons. The first-order valence-corrected chi connectivity index (χ1v) is 34.0. The van der Waals surface area contributed by atoms with Crippen LogP contribution in [0.5, 0.6) is 5.75 Å². The molecule has 0 aliphatic heterocycles. The number of hydrogen-bond acceptors (Lipinski definition) is 17. The van der Waals surface area contributed by atoms with Crippen LogP contribution in [0.25, 0.3) is 10.9 Å². The van der Waals surface area contributed by atoms with E-state index in [-0.39, 0.29) is 61.7 Å². The monoisotopic (exact) mass is 1410 g/mol. The van der Waals surface area contributed by atoms with Gasteiger partial charge in [-0.25, -0.2) is 9.78 Å². The number of rotatable bonds is 40. The first-order valence-electron chi connectivity index (χ1n) is 32.8. The highest BCUT2D eigenvalue weighted by Gasteiger charge is 2.39. The zero-order valence-corrected chi connectivity index (χ0v) is 58.4. The standard InChI is InChI=1S/C68H94N14O15S2/c1-9-37(7)56(66(94)78-52(68(96)97)27-41-30-71-46-19-15-14-18-44(41)46)82-67(95)57(38(8)10-2)81-63(91)51(29-54(84)85)76-59(87)47(24-35(3)4)73-62(90)50(28-42-31-70-34-72-42)75-64(92)53(33-99)79-61(89)48(25-39-16-12-11-13-17-39)74-60(88)49(26-40-20-22-43(83)23-21-40)77-65(93)55(36(5)6)80-58(86)45(69)32-98/h11-23,30-31,34-38,45,47-53,55-57,71,83,98-99H,9-10,24-29,32-33,69H2,1-8H3,(H,70,72)(H,73,90)(H,74,88)(H,75,92)(H,76,87)(H,77,93)(H,78,94)(H,79,89)(H,80,86)(H,81,91)(H,82,95)(H,84,85)(H,96,97)/t37-,38-,45-,47-,48-,49-,50-,51-,52-,53-,55-,56-,57-/m0/s1. The number of nitrogens with zero attached hydrogens (tertiary/aromatic N) is 1. The second-order valence-electron chi connectivity index (χ2n) is 25.3. The molecule has 0 bridgehead atoms. The Morgan fingerprint density at radius 2 is 0.939 bits per heavy atom. The van der Waals surface area contributed by atoms with Crippen LogP contribution in [-0.2, 0) is 83.2 Å². The van der Waals surface area contributed by atoms with Gasteiger partial charge >= 0.3 is 11.9 Å². The van der Waals surface area contributed by atoms with Gasteiger partial charge in [0.2, 0.25) is 59.1 Å². The highest BCUT2D eigenvalue weighted by molar-refractivity contribution is 7.80. The fourth-order valence-corrected chi connectivity index (χ4v) is 11.0. The number of fused-ring (bicyclic) bond motifs is 1. The van der Waals surface area contributed by atoms with Crippen molar-refractivity contribution in [1.29, 1.82) is 0 Å². The number of phenolic OH excluding ortho intramolecular Hbond substituents is 1. The summed E-state index contributed by atoms with van der Waals surface area (Å²) in [7, 11) is 0. The molecule has 99 heavy (non-hydrogen) atoms. The zero-order valence-electron chi connectivity index (χ0n) is 56.6. The maximum absolute atomic E-state index is 14.6. The highest BCUT2D eigenvalue weighted by Crippen LogP contribution is 2.21. The van der Waals surface area contributed by atoms with E-state index in [0.717, 1.165) is 10.9 Å². The number of aromatic nitrogens is 3. The summed E-state index contributed by atoms with van der Waals surface area (Å²) in [6.45, 7) is 13.6. The van der Waals surface area contributed by atoms with Crippen molar-refractivity contribution in [2.24, 2.45) is 29.4 Å². The first-order chi connectivity index (χ1) is 47.0. The number of aromatic amines is 2. The van der Waals surface area contributed by atoms with E-state index in [2.05, 4.69) is 93.4 Å². The third kappa shape index (κ3) is 24.8. The van der Waals surface area contributed by atoms with Crippen LogP contribution in [-0.4, -0.2) is 179 Å². The lowest BCUT2D eigenvalue weighted by atomic mass is 9.94. The van der Waals surface area contributed by atoms with E-state index in [1.54, 1.807) is 98.0 Å². The number of phenols is 1. The molecule has 2 aromatic heterocycles. The normalized spacial score (nSPS) is 15.3. The third-order valence-corrected chi connectivity index (χ3v) is 17.5. The minimum atomic E-state index is -1.87. The molecule has 0 unspecified atom stereocenters. The smallest absolute Gasteiger partial charge is 0.326 e. The molecule has 0 aliphatic rings. The molecule has 0 fully saturated rings. The average molecular weight is 1410 g/mol. The van der Waals surface area contributed by atoms with Gasteiger partial charge in [0.25, 0.3) is 0 Å². The number of carboxylic acids is 2.